The third kappa shape index (κ3) is 4.52. The van der Waals surface area contributed by atoms with Gasteiger partial charge < -0.3 is 15.0 Å². The molecule has 1 aliphatic rings. The van der Waals surface area contributed by atoms with E-state index in [-0.39, 0.29) is 11.8 Å². The first kappa shape index (κ1) is 21.2. The first-order chi connectivity index (χ1) is 15.0. The van der Waals surface area contributed by atoms with E-state index in [4.69, 9.17) is 16.3 Å². The number of rotatable bonds is 5. The van der Waals surface area contributed by atoms with E-state index in [1.807, 2.05) is 48.2 Å². The maximum atomic E-state index is 13.0. The van der Waals surface area contributed by atoms with Crippen molar-refractivity contribution in [2.24, 2.45) is 0 Å². The van der Waals surface area contributed by atoms with Crippen LogP contribution in [0.3, 0.4) is 0 Å². The van der Waals surface area contributed by atoms with Crippen LogP contribution in [0.1, 0.15) is 41.6 Å². The van der Waals surface area contributed by atoms with Gasteiger partial charge in [0.1, 0.15) is 5.75 Å². The lowest BCUT2D eigenvalue weighted by molar-refractivity contribution is -0.117. The number of fused-ring (bicyclic) bond motifs is 1. The molecule has 0 saturated carbocycles. The lowest BCUT2D eigenvalue weighted by Gasteiger charge is -2.19. The number of carbonyl (C=O) groups excluding carboxylic acids is 2. The molecular formula is C25H25ClN2O3. The molecule has 1 saturated heterocycles. The predicted molar refractivity (Wildman–Crippen MR) is 124 cm³/mol. The van der Waals surface area contributed by atoms with Crippen LogP contribution in [0, 0.1) is 0 Å². The van der Waals surface area contributed by atoms with Crippen LogP contribution in [0.4, 0.5) is 5.69 Å². The number of hydrogen-bond acceptors (Lipinski definition) is 3. The zero-order chi connectivity index (χ0) is 22.0. The quantitative estimate of drug-likeness (QED) is 0.576. The lowest BCUT2D eigenvalue weighted by Crippen LogP contribution is -2.29. The van der Waals surface area contributed by atoms with Gasteiger partial charge in [-0.15, -0.1) is 0 Å². The predicted octanol–water partition coefficient (Wildman–Crippen LogP) is 5.48. The van der Waals surface area contributed by atoms with Crippen molar-refractivity contribution < 1.29 is 14.3 Å². The number of nitrogens with zero attached hydrogens (tertiary/aromatic N) is 1. The molecule has 5 nitrogen and oxygen atoms in total. The van der Waals surface area contributed by atoms with Crippen LogP contribution in [-0.4, -0.2) is 36.9 Å². The SMILES string of the molecule is COc1ccc2cc([C@H](C)C(=O)Nc3ccc(Cl)cc3C(=O)N3CCCC3)ccc2c1. The van der Waals surface area contributed by atoms with E-state index >= 15 is 0 Å². The highest BCUT2D eigenvalue weighted by molar-refractivity contribution is 6.31. The Hall–Kier alpha value is -3.05. The number of amides is 2. The number of nitrogens with one attached hydrogen (secondary N) is 1. The van der Waals surface area contributed by atoms with E-state index in [1.54, 1.807) is 25.3 Å². The van der Waals surface area contributed by atoms with Crippen molar-refractivity contribution in [3.63, 3.8) is 0 Å². The Bertz CT molecular complexity index is 1140. The monoisotopic (exact) mass is 436 g/mol. The summed E-state index contributed by atoms with van der Waals surface area (Å²) in [6.07, 6.45) is 2.00. The third-order valence-electron chi connectivity index (χ3n) is 5.83. The second kappa shape index (κ2) is 8.98. The highest BCUT2D eigenvalue weighted by atomic mass is 35.5. The van der Waals surface area contributed by atoms with Crippen molar-refractivity contribution in [2.75, 3.05) is 25.5 Å². The topological polar surface area (TPSA) is 58.6 Å². The molecule has 0 unspecified atom stereocenters. The molecule has 3 aromatic carbocycles. The second-order valence-electron chi connectivity index (χ2n) is 7.87. The van der Waals surface area contributed by atoms with Gasteiger partial charge in [-0.2, -0.15) is 0 Å². The molecule has 1 N–H and O–H groups in total. The fraction of sp³-hybridized carbons (Fsp3) is 0.280. The van der Waals surface area contributed by atoms with Gasteiger partial charge in [0.25, 0.3) is 5.91 Å². The smallest absolute Gasteiger partial charge is 0.256 e. The van der Waals surface area contributed by atoms with E-state index in [0.29, 0.717) is 16.3 Å². The maximum Gasteiger partial charge on any atom is 0.256 e. The van der Waals surface area contributed by atoms with E-state index in [9.17, 15) is 9.59 Å². The average Bonchev–Trinajstić information content (AvgIpc) is 3.33. The maximum absolute atomic E-state index is 13.0. The Kier molecular flexibility index (Phi) is 6.14. The summed E-state index contributed by atoms with van der Waals surface area (Å²) in [4.78, 5) is 27.8. The molecule has 0 aliphatic carbocycles. The molecule has 4 rings (SSSR count). The van der Waals surface area contributed by atoms with Gasteiger partial charge in [0.05, 0.1) is 24.3 Å². The fourth-order valence-electron chi connectivity index (χ4n) is 3.92. The van der Waals surface area contributed by atoms with Crippen molar-refractivity contribution >= 4 is 39.9 Å². The summed E-state index contributed by atoms with van der Waals surface area (Å²) in [5.74, 6) is 0.133. The van der Waals surface area contributed by atoms with Crippen LogP contribution < -0.4 is 10.1 Å². The zero-order valence-corrected chi connectivity index (χ0v) is 18.4. The molecule has 0 bridgehead atoms. The van der Waals surface area contributed by atoms with Gasteiger partial charge in [-0.25, -0.2) is 0 Å². The minimum Gasteiger partial charge on any atom is -0.497 e. The standard InChI is InChI=1S/C25H25ClN2O3/c1-16(17-5-6-19-14-21(31-2)9-7-18(19)13-17)24(29)27-23-10-8-20(26)15-22(23)25(30)28-11-3-4-12-28/h5-10,13-16H,3-4,11-12H2,1-2H3,(H,27,29)/t16-/m0/s1. The Morgan fingerprint density at radius 1 is 1.00 bits per heavy atom. The third-order valence-corrected chi connectivity index (χ3v) is 6.06. The molecule has 0 radical (unpaired) electrons. The summed E-state index contributed by atoms with van der Waals surface area (Å²) in [7, 11) is 1.64. The van der Waals surface area contributed by atoms with Crippen LogP contribution >= 0.6 is 11.6 Å². The Labute approximate surface area is 186 Å². The van der Waals surface area contributed by atoms with Gasteiger partial charge in [-0.3, -0.25) is 9.59 Å². The highest BCUT2D eigenvalue weighted by Crippen LogP contribution is 2.28. The van der Waals surface area contributed by atoms with Gasteiger partial charge in [0.2, 0.25) is 5.91 Å². The van der Waals surface area contributed by atoms with Gasteiger partial charge in [-0.1, -0.05) is 35.9 Å². The van der Waals surface area contributed by atoms with Crippen molar-refractivity contribution in [3.8, 4) is 5.75 Å². The van der Waals surface area contributed by atoms with Crippen molar-refractivity contribution in [1.29, 1.82) is 0 Å². The van der Waals surface area contributed by atoms with Gasteiger partial charge in [0, 0.05) is 18.1 Å². The number of anilines is 1. The number of hydrogen-bond donors (Lipinski definition) is 1. The minimum absolute atomic E-state index is 0.0948. The molecular weight excluding hydrogens is 412 g/mol. The number of likely N-dealkylation sites (tertiary alicyclic amines) is 1. The van der Waals surface area contributed by atoms with Gasteiger partial charge in [-0.05, 0) is 66.4 Å². The van der Waals surface area contributed by atoms with Crippen LogP contribution in [0.15, 0.2) is 54.6 Å². The van der Waals surface area contributed by atoms with E-state index in [1.165, 1.54) is 0 Å². The number of benzene rings is 3. The second-order valence-corrected chi connectivity index (χ2v) is 8.31. The minimum atomic E-state index is -0.392. The Morgan fingerprint density at radius 3 is 2.45 bits per heavy atom. The Balaban J connectivity index is 1.56. The Morgan fingerprint density at radius 2 is 1.71 bits per heavy atom. The van der Waals surface area contributed by atoms with Crippen LogP contribution in [0.25, 0.3) is 10.8 Å². The van der Waals surface area contributed by atoms with Gasteiger partial charge in [0.15, 0.2) is 0 Å². The molecule has 1 fully saturated rings. The summed E-state index contributed by atoms with van der Waals surface area (Å²) in [6.45, 7) is 3.33. The lowest BCUT2D eigenvalue weighted by atomic mass is 9.96. The summed E-state index contributed by atoms with van der Waals surface area (Å²) in [5, 5.41) is 5.50. The van der Waals surface area contributed by atoms with Crippen LogP contribution in [0.2, 0.25) is 5.02 Å². The van der Waals surface area contributed by atoms with Crippen LogP contribution in [0.5, 0.6) is 5.75 Å². The molecule has 0 aromatic heterocycles. The number of halogens is 1. The molecule has 1 aliphatic heterocycles. The molecule has 1 heterocycles. The largest absolute Gasteiger partial charge is 0.497 e. The molecule has 0 spiro atoms. The van der Waals surface area contributed by atoms with Crippen molar-refractivity contribution in [3.05, 3.63) is 70.7 Å². The number of ether oxygens (including phenoxy) is 1. The van der Waals surface area contributed by atoms with E-state index in [2.05, 4.69) is 5.32 Å². The van der Waals surface area contributed by atoms with Crippen molar-refractivity contribution in [2.45, 2.75) is 25.7 Å². The number of methoxy groups -OCH3 is 1. The number of carbonyl (C=O) groups is 2. The zero-order valence-electron chi connectivity index (χ0n) is 17.7. The molecule has 6 heteroatoms. The van der Waals surface area contributed by atoms with Crippen LogP contribution in [-0.2, 0) is 4.79 Å². The summed E-state index contributed by atoms with van der Waals surface area (Å²) >= 11 is 6.15. The summed E-state index contributed by atoms with van der Waals surface area (Å²) < 4.78 is 5.28. The van der Waals surface area contributed by atoms with Gasteiger partial charge >= 0.3 is 0 Å². The normalized spacial score (nSPS) is 14.5. The molecule has 160 valence electrons. The molecule has 2 amide bonds. The average molecular weight is 437 g/mol. The fourth-order valence-corrected chi connectivity index (χ4v) is 4.10. The highest BCUT2D eigenvalue weighted by Gasteiger charge is 2.24. The summed E-state index contributed by atoms with van der Waals surface area (Å²) in [5.41, 5.74) is 1.82. The molecule has 31 heavy (non-hydrogen) atoms. The first-order valence-electron chi connectivity index (χ1n) is 10.4. The molecule has 1 atom stereocenters. The van der Waals surface area contributed by atoms with E-state index in [0.717, 1.165) is 48.0 Å². The molecule has 3 aromatic rings. The first-order valence-corrected chi connectivity index (χ1v) is 10.8. The van der Waals surface area contributed by atoms with Crippen molar-refractivity contribution in [1.82, 2.24) is 4.90 Å². The summed E-state index contributed by atoms with van der Waals surface area (Å²) in [6, 6.07) is 16.8. The van der Waals surface area contributed by atoms with E-state index < -0.39 is 5.92 Å².